The second-order valence-corrected chi connectivity index (χ2v) is 4.54. The van der Waals surface area contributed by atoms with Crippen molar-refractivity contribution in [2.24, 2.45) is 0 Å². The third-order valence-electron chi connectivity index (χ3n) is 3.31. The van der Waals surface area contributed by atoms with Crippen LogP contribution in [0.2, 0.25) is 0 Å². The molecule has 2 aromatic heterocycles. The van der Waals surface area contributed by atoms with Crippen LogP contribution in [0.1, 0.15) is 26.7 Å². The number of aromatic amines is 1. The second-order valence-electron chi connectivity index (χ2n) is 4.28. The van der Waals surface area contributed by atoms with Gasteiger partial charge in [0.15, 0.2) is 5.65 Å². The van der Waals surface area contributed by atoms with Crippen molar-refractivity contribution in [2.45, 2.75) is 32.2 Å². The first kappa shape index (κ1) is 12.9. The number of halogens is 1. The second kappa shape index (κ2) is 4.97. The van der Waals surface area contributed by atoms with E-state index in [1.54, 1.807) is 6.07 Å². The van der Waals surface area contributed by atoms with Crippen molar-refractivity contribution in [3.05, 3.63) is 22.9 Å². The highest BCUT2D eigenvalue weighted by atomic mass is 35.5. The molecule has 0 aliphatic heterocycles. The lowest BCUT2D eigenvalue weighted by Crippen LogP contribution is -2.39. The number of H-pyrrole nitrogens is 1. The SMILES string of the molecule is CCC(CC)(CCl)Nc1cc2n[nH]c(=O)n2cn1. The van der Waals surface area contributed by atoms with Gasteiger partial charge >= 0.3 is 5.69 Å². The monoisotopic (exact) mass is 269 g/mol. The molecule has 0 saturated heterocycles. The Bertz CT molecular complexity index is 578. The molecule has 0 amide bonds. The van der Waals surface area contributed by atoms with Gasteiger partial charge in [0, 0.05) is 11.9 Å². The number of fused-ring (bicyclic) bond motifs is 1. The van der Waals surface area contributed by atoms with Gasteiger partial charge in [0.2, 0.25) is 0 Å². The normalized spacial score (nSPS) is 11.9. The molecule has 0 aliphatic rings. The summed E-state index contributed by atoms with van der Waals surface area (Å²) in [5.74, 6) is 1.17. The van der Waals surface area contributed by atoms with Crippen LogP contribution in [0.4, 0.5) is 5.82 Å². The maximum Gasteiger partial charge on any atom is 0.348 e. The molecule has 0 bridgehead atoms. The van der Waals surface area contributed by atoms with Crippen LogP contribution in [0.25, 0.3) is 5.65 Å². The average molecular weight is 270 g/mol. The van der Waals surface area contributed by atoms with Gasteiger partial charge in [-0.15, -0.1) is 11.6 Å². The molecule has 0 atom stereocenters. The fourth-order valence-corrected chi connectivity index (χ4v) is 2.24. The molecule has 98 valence electrons. The fraction of sp³-hybridized carbons (Fsp3) is 0.545. The summed E-state index contributed by atoms with van der Waals surface area (Å²) < 4.78 is 1.35. The van der Waals surface area contributed by atoms with Crippen molar-refractivity contribution >= 4 is 23.1 Å². The van der Waals surface area contributed by atoms with Crippen LogP contribution < -0.4 is 11.0 Å². The molecule has 0 saturated carbocycles. The van der Waals surface area contributed by atoms with E-state index in [0.29, 0.717) is 17.3 Å². The molecular weight excluding hydrogens is 254 g/mol. The van der Waals surface area contributed by atoms with E-state index in [1.165, 1.54) is 10.7 Å². The predicted molar refractivity (Wildman–Crippen MR) is 71.3 cm³/mol. The van der Waals surface area contributed by atoms with Crippen LogP contribution in [0.5, 0.6) is 0 Å². The van der Waals surface area contributed by atoms with Gasteiger partial charge in [0.05, 0.1) is 5.54 Å². The molecule has 6 nitrogen and oxygen atoms in total. The van der Waals surface area contributed by atoms with E-state index in [-0.39, 0.29) is 11.2 Å². The van der Waals surface area contributed by atoms with E-state index in [1.807, 2.05) is 0 Å². The van der Waals surface area contributed by atoms with E-state index in [0.717, 1.165) is 12.8 Å². The maximum absolute atomic E-state index is 11.3. The molecule has 0 aromatic carbocycles. The minimum atomic E-state index is -0.293. The standard InChI is InChI=1S/C11H16ClN5O/c1-3-11(4-2,6-12)14-8-5-9-15-16-10(18)17(9)7-13-8/h5,7,14H,3-4,6H2,1-2H3,(H,16,18). The Labute approximate surface area is 109 Å². The lowest BCUT2D eigenvalue weighted by atomic mass is 9.95. The molecule has 0 radical (unpaired) electrons. The quantitative estimate of drug-likeness (QED) is 0.809. The number of nitrogens with zero attached hydrogens (tertiary/aromatic N) is 3. The zero-order chi connectivity index (χ0) is 13.2. The molecule has 0 spiro atoms. The van der Waals surface area contributed by atoms with E-state index < -0.39 is 0 Å². The minimum absolute atomic E-state index is 0.177. The van der Waals surface area contributed by atoms with Crippen molar-refractivity contribution in [3.8, 4) is 0 Å². The van der Waals surface area contributed by atoms with E-state index >= 15 is 0 Å². The summed E-state index contributed by atoms with van der Waals surface area (Å²) in [6, 6.07) is 1.73. The Hall–Kier alpha value is -1.56. The molecule has 0 unspecified atom stereocenters. The van der Waals surface area contributed by atoms with Crippen LogP contribution in [0.15, 0.2) is 17.2 Å². The molecular formula is C11H16ClN5O. The van der Waals surface area contributed by atoms with E-state index in [4.69, 9.17) is 11.6 Å². The molecule has 18 heavy (non-hydrogen) atoms. The molecule has 7 heteroatoms. The van der Waals surface area contributed by atoms with Crippen molar-refractivity contribution < 1.29 is 0 Å². The van der Waals surface area contributed by atoms with E-state index in [9.17, 15) is 4.79 Å². The highest BCUT2D eigenvalue weighted by Crippen LogP contribution is 2.22. The molecule has 2 aromatic rings. The lowest BCUT2D eigenvalue weighted by Gasteiger charge is -2.31. The summed E-state index contributed by atoms with van der Waals surface area (Å²) in [6.07, 6.45) is 3.24. The first-order valence-electron chi connectivity index (χ1n) is 5.91. The minimum Gasteiger partial charge on any atom is -0.363 e. The lowest BCUT2D eigenvalue weighted by molar-refractivity contribution is 0.482. The van der Waals surface area contributed by atoms with Crippen molar-refractivity contribution in [2.75, 3.05) is 11.2 Å². The highest BCUT2D eigenvalue weighted by Gasteiger charge is 2.25. The Balaban J connectivity index is 2.34. The average Bonchev–Trinajstić information content (AvgIpc) is 2.77. The van der Waals surface area contributed by atoms with Gasteiger partial charge < -0.3 is 5.32 Å². The van der Waals surface area contributed by atoms with Gasteiger partial charge in [-0.3, -0.25) is 0 Å². The van der Waals surface area contributed by atoms with Crippen LogP contribution in [0.3, 0.4) is 0 Å². The number of nitrogens with one attached hydrogen (secondary N) is 2. The Kier molecular flexibility index (Phi) is 3.56. The fourth-order valence-electron chi connectivity index (χ4n) is 1.80. The molecule has 2 heterocycles. The Morgan fingerprint density at radius 1 is 1.50 bits per heavy atom. The molecule has 0 aliphatic carbocycles. The van der Waals surface area contributed by atoms with Gasteiger partial charge in [0.25, 0.3) is 0 Å². The maximum atomic E-state index is 11.3. The Morgan fingerprint density at radius 2 is 2.22 bits per heavy atom. The summed E-state index contributed by atoms with van der Waals surface area (Å²) in [5, 5.41) is 9.60. The summed E-state index contributed by atoms with van der Waals surface area (Å²) >= 11 is 6.03. The number of aromatic nitrogens is 4. The van der Waals surface area contributed by atoms with E-state index in [2.05, 4.69) is 34.3 Å². The first-order valence-corrected chi connectivity index (χ1v) is 6.44. The third-order valence-corrected chi connectivity index (χ3v) is 3.82. The van der Waals surface area contributed by atoms with Gasteiger partial charge in [-0.25, -0.2) is 19.3 Å². The van der Waals surface area contributed by atoms with Crippen LogP contribution in [-0.4, -0.2) is 31.0 Å². The van der Waals surface area contributed by atoms with Crippen LogP contribution >= 0.6 is 11.6 Å². The summed E-state index contributed by atoms with van der Waals surface area (Å²) in [7, 11) is 0. The van der Waals surface area contributed by atoms with Crippen molar-refractivity contribution in [3.63, 3.8) is 0 Å². The number of anilines is 1. The zero-order valence-electron chi connectivity index (χ0n) is 10.4. The summed E-state index contributed by atoms with van der Waals surface area (Å²) in [6.45, 7) is 4.16. The number of hydrogen-bond acceptors (Lipinski definition) is 4. The topological polar surface area (TPSA) is 75.1 Å². The Morgan fingerprint density at radius 3 is 2.83 bits per heavy atom. The smallest absolute Gasteiger partial charge is 0.348 e. The predicted octanol–water partition coefficient (Wildman–Crippen LogP) is 1.63. The zero-order valence-corrected chi connectivity index (χ0v) is 11.2. The first-order chi connectivity index (χ1) is 8.64. The highest BCUT2D eigenvalue weighted by molar-refractivity contribution is 6.18. The molecule has 2 rings (SSSR count). The van der Waals surface area contributed by atoms with Crippen molar-refractivity contribution in [1.29, 1.82) is 0 Å². The third kappa shape index (κ3) is 2.20. The van der Waals surface area contributed by atoms with Crippen LogP contribution in [-0.2, 0) is 0 Å². The van der Waals surface area contributed by atoms with Gasteiger partial charge in [-0.1, -0.05) is 13.8 Å². The summed E-state index contributed by atoms with van der Waals surface area (Å²) in [5.41, 5.74) is 0.0653. The summed E-state index contributed by atoms with van der Waals surface area (Å²) in [4.78, 5) is 15.5. The van der Waals surface area contributed by atoms with Gasteiger partial charge in [-0.2, -0.15) is 5.10 Å². The number of alkyl halides is 1. The van der Waals surface area contributed by atoms with Crippen LogP contribution in [0, 0.1) is 0 Å². The largest absolute Gasteiger partial charge is 0.363 e. The number of rotatable bonds is 5. The molecule has 2 N–H and O–H groups in total. The van der Waals surface area contributed by atoms with Gasteiger partial charge in [0.1, 0.15) is 12.1 Å². The molecule has 0 fully saturated rings. The van der Waals surface area contributed by atoms with Gasteiger partial charge in [-0.05, 0) is 12.8 Å². The van der Waals surface area contributed by atoms with Crippen molar-refractivity contribution in [1.82, 2.24) is 19.6 Å². The number of hydrogen-bond donors (Lipinski definition) is 2.